The van der Waals surface area contributed by atoms with Crippen molar-refractivity contribution in [3.8, 4) is 23.5 Å². The Morgan fingerprint density at radius 2 is 1.68 bits per heavy atom. The fourth-order valence-electron chi connectivity index (χ4n) is 4.35. The highest BCUT2D eigenvalue weighted by atomic mass is 16.1. The van der Waals surface area contributed by atoms with Gasteiger partial charge < -0.3 is 0 Å². The van der Waals surface area contributed by atoms with E-state index < -0.39 is 0 Å². The Balaban J connectivity index is 1.88. The molecule has 0 heterocycles. The van der Waals surface area contributed by atoms with Gasteiger partial charge in [0, 0.05) is 17.9 Å². The zero-order valence-corrected chi connectivity index (χ0v) is 19.1. The number of rotatable bonds is 8. The van der Waals surface area contributed by atoms with E-state index in [-0.39, 0.29) is 5.92 Å². The number of carbonyl (C=O) groups excluding carboxylic acids is 1. The zero-order chi connectivity index (χ0) is 22.4. The number of ketones is 1. The van der Waals surface area contributed by atoms with Crippen molar-refractivity contribution in [1.82, 2.24) is 0 Å². The van der Waals surface area contributed by atoms with E-state index in [9.17, 15) is 4.79 Å². The molecule has 0 aliphatic heterocycles. The van der Waals surface area contributed by atoms with Gasteiger partial charge in [0.05, 0.1) is 0 Å². The van der Waals surface area contributed by atoms with Crippen LogP contribution in [0.1, 0.15) is 60.4 Å². The Bertz CT molecular complexity index is 1080. The fraction of sp³-hybridized carbons (Fsp3) is 0.300. The topological polar surface area (TPSA) is 17.1 Å². The molecule has 0 radical (unpaired) electrons. The summed E-state index contributed by atoms with van der Waals surface area (Å²) in [6.45, 7) is 8.60. The lowest BCUT2D eigenvalue weighted by Crippen LogP contribution is -2.22. The van der Waals surface area contributed by atoms with Crippen molar-refractivity contribution in [2.24, 2.45) is 5.92 Å². The van der Waals surface area contributed by atoms with Crippen molar-refractivity contribution in [1.29, 1.82) is 0 Å². The molecule has 0 bridgehead atoms. The van der Waals surface area contributed by atoms with Gasteiger partial charge in [-0.2, -0.15) is 0 Å². The summed E-state index contributed by atoms with van der Waals surface area (Å²) in [6, 6.07) is 22.8. The standard InChI is InChI=1S/C30H32O/c1-6-9-22(4)30(29(31)20-25-13-12-21(3)23(5)18-25)27-16-14-26(15-17-27)28-11-8-10-24(7-2)19-28/h2,8,10-19,22,30H,6,9,20H2,1,3-5H3. The van der Waals surface area contributed by atoms with E-state index in [1.54, 1.807) is 0 Å². The van der Waals surface area contributed by atoms with Crippen LogP contribution in [0.15, 0.2) is 66.7 Å². The second-order valence-corrected chi connectivity index (χ2v) is 8.65. The van der Waals surface area contributed by atoms with Crippen LogP contribution in [0.3, 0.4) is 0 Å². The molecule has 2 unspecified atom stereocenters. The smallest absolute Gasteiger partial charge is 0.144 e. The van der Waals surface area contributed by atoms with E-state index in [0.717, 1.165) is 40.7 Å². The first-order valence-corrected chi connectivity index (χ1v) is 11.2. The molecule has 0 saturated heterocycles. The quantitative estimate of drug-likeness (QED) is 0.358. The van der Waals surface area contributed by atoms with Gasteiger partial charge in [-0.3, -0.25) is 4.79 Å². The lowest BCUT2D eigenvalue weighted by Gasteiger charge is -2.24. The van der Waals surface area contributed by atoms with Crippen LogP contribution < -0.4 is 0 Å². The summed E-state index contributed by atoms with van der Waals surface area (Å²) in [5, 5.41) is 0. The predicted molar refractivity (Wildman–Crippen MR) is 131 cm³/mol. The van der Waals surface area contributed by atoms with Gasteiger partial charge in [0.15, 0.2) is 0 Å². The van der Waals surface area contributed by atoms with Crippen molar-refractivity contribution < 1.29 is 4.79 Å². The van der Waals surface area contributed by atoms with Crippen LogP contribution >= 0.6 is 0 Å². The van der Waals surface area contributed by atoms with Crippen molar-refractivity contribution >= 4 is 5.78 Å². The average Bonchev–Trinajstić information content (AvgIpc) is 2.77. The second-order valence-electron chi connectivity index (χ2n) is 8.65. The highest BCUT2D eigenvalue weighted by Crippen LogP contribution is 2.32. The SMILES string of the molecule is C#Cc1cccc(-c2ccc(C(C(=O)Cc3ccc(C)c(C)c3)C(C)CCC)cc2)c1. The minimum absolute atomic E-state index is 0.0901. The molecule has 0 spiro atoms. The fourth-order valence-corrected chi connectivity index (χ4v) is 4.35. The minimum atomic E-state index is -0.0901. The van der Waals surface area contributed by atoms with Gasteiger partial charge in [0.25, 0.3) is 0 Å². The number of benzene rings is 3. The lowest BCUT2D eigenvalue weighted by molar-refractivity contribution is -0.121. The average molecular weight is 409 g/mol. The van der Waals surface area contributed by atoms with Crippen molar-refractivity contribution in [2.45, 2.75) is 52.9 Å². The molecule has 1 nitrogen and oxygen atoms in total. The highest BCUT2D eigenvalue weighted by molar-refractivity contribution is 5.88. The van der Waals surface area contributed by atoms with Crippen LogP contribution in [0.25, 0.3) is 11.1 Å². The maximum atomic E-state index is 13.4. The molecule has 0 aromatic heterocycles. The van der Waals surface area contributed by atoms with E-state index in [1.807, 2.05) is 18.2 Å². The molecule has 0 amide bonds. The molecule has 0 N–H and O–H groups in total. The van der Waals surface area contributed by atoms with Crippen LogP contribution in [-0.2, 0) is 11.2 Å². The Labute approximate surface area is 187 Å². The van der Waals surface area contributed by atoms with Crippen molar-refractivity contribution in [2.75, 3.05) is 0 Å². The number of terminal acetylenes is 1. The summed E-state index contributed by atoms with van der Waals surface area (Å²) >= 11 is 0. The van der Waals surface area contributed by atoms with Gasteiger partial charge in [-0.1, -0.05) is 80.8 Å². The van der Waals surface area contributed by atoms with Crippen LogP contribution in [0, 0.1) is 32.1 Å². The number of aryl methyl sites for hydroxylation is 2. The molecule has 1 heteroatoms. The molecule has 31 heavy (non-hydrogen) atoms. The first-order valence-electron chi connectivity index (χ1n) is 11.2. The monoisotopic (exact) mass is 408 g/mol. The van der Waals surface area contributed by atoms with E-state index in [0.29, 0.717) is 18.1 Å². The molecule has 3 aromatic carbocycles. The molecule has 3 rings (SSSR count). The maximum absolute atomic E-state index is 13.4. The third kappa shape index (κ3) is 5.53. The second kappa shape index (κ2) is 10.3. The maximum Gasteiger partial charge on any atom is 0.144 e. The minimum Gasteiger partial charge on any atom is -0.299 e. The molecule has 158 valence electrons. The number of carbonyl (C=O) groups is 1. The number of hydrogen-bond acceptors (Lipinski definition) is 1. The Morgan fingerprint density at radius 1 is 0.935 bits per heavy atom. The predicted octanol–water partition coefficient (Wildman–Crippen LogP) is 7.28. The molecule has 0 aliphatic rings. The Kier molecular flexibility index (Phi) is 7.48. The van der Waals surface area contributed by atoms with E-state index in [4.69, 9.17) is 6.42 Å². The first-order chi connectivity index (χ1) is 14.9. The van der Waals surface area contributed by atoms with Gasteiger partial charge >= 0.3 is 0 Å². The molecule has 0 fully saturated rings. The molecule has 0 aliphatic carbocycles. The molecular formula is C30H32O. The van der Waals surface area contributed by atoms with Crippen LogP contribution in [0.4, 0.5) is 0 Å². The number of Topliss-reactive ketones (excluding diaryl/α,β-unsaturated/α-hetero) is 1. The zero-order valence-electron chi connectivity index (χ0n) is 19.1. The summed E-state index contributed by atoms with van der Waals surface area (Å²) in [4.78, 5) is 13.4. The molecular weight excluding hydrogens is 376 g/mol. The Hall–Kier alpha value is -3.11. The largest absolute Gasteiger partial charge is 0.299 e. The summed E-state index contributed by atoms with van der Waals surface area (Å²) in [7, 11) is 0. The van der Waals surface area contributed by atoms with Gasteiger partial charge in [-0.05, 0) is 71.7 Å². The van der Waals surface area contributed by atoms with Crippen molar-refractivity contribution in [3.05, 3.63) is 94.5 Å². The molecule has 0 saturated carbocycles. The van der Waals surface area contributed by atoms with Gasteiger partial charge in [0.2, 0.25) is 0 Å². The first kappa shape index (κ1) is 22.6. The summed E-state index contributed by atoms with van der Waals surface area (Å²) in [5.41, 5.74) is 7.79. The lowest BCUT2D eigenvalue weighted by atomic mass is 9.79. The molecule has 2 atom stereocenters. The van der Waals surface area contributed by atoms with Crippen molar-refractivity contribution in [3.63, 3.8) is 0 Å². The molecule has 3 aromatic rings. The van der Waals surface area contributed by atoms with E-state index >= 15 is 0 Å². The summed E-state index contributed by atoms with van der Waals surface area (Å²) in [5.74, 6) is 3.21. The number of hydrogen-bond donors (Lipinski definition) is 0. The highest BCUT2D eigenvalue weighted by Gasteiger charge is 2.26. The third-order valence-electron chi connectivity index (χ3n) is 6.24. The van der Waals surface area contributed by atoms with Gasteiger partial charge in [-0.25, -0.2) is 0 Å². The van der Waals surface area contributed by atoms with Gasteiger partial charge in [0.1, 0.15) is 5.78 Å². The Morgan fingerprint density at radius 3 is 2.32 bits per heavy atom. The van der Waals surface area contributed by atoms with Gasteiger partial charge in [-0.15, -0.1) is 6.42 Å². The third-order valence-corrected chi connectivity index (χ3v) is 6.24. The van der Waals surface area contributed by atoms with Crippen LogP contribution in [0.5, 0.6) is 0 Å². The van der Waals surface area contributed by atoms with Crippen LogP contribution in [0.2, 0.25) is 0 Å². The summed E-state index contributed by atoms with van der Waals surface area (Å²) in [6.07, 6.45) is 8.14. The van der Waals surface area contributed by atoms with Crippen LogP contribution in [-0.4, -0.2) is 5.78 Å². The van der Waals surface area contributed by atoms with E-state index in [1.165, 1.54) is 11.1 Å². The normalized spacial score (nSPS) is 12.7. The van der Waals surface area contributed by atoms with E-state index in [2.05, 4.69) is 82.1 Å². The summed E-state index contributed by atoms with van der Waals surface area (Å²) < 4.78 is 0.